The van der Waals surface area contributed by atoms with Crippen molar-refractivity contribution in [2.75, 3.05) is 49.1 Å². The van der Waals surface area contributed by atoms with Gasteiger partial charge in [0.15, 0.2) is 5.78 Å². The van der Waals surface area contributed by atoms with E-state index in [0.29, 0.717) is 51.0 Å². The van der Waals surface area contributed by atoms with Gasteiger partial charge in [0.1, 0.15) is 0 Å². The molecule has 10 heteroatoms. The van der Waals surface area contributed by atoms with E-state index in [1.165, 1.54) is 4.31 Å². The van der Waals surface area contributed by atoms with Crippen LogP contribution < -0.4 is 9.80 Å². The zero-order valence-corrected chi connectivity index (χ0v) is 24.6. The van der Waals surface area contributed by atoms with Crippen LogP contribution in [0.15, 0.2) is 47.4 Å². The standard InChI is InChI=1S/C31H38N4O5S/c1-21-19-26-20-28(9-10-29(26)35(21)31(38)24-3-4-24)41(39,40)34-13-11-25(12-14-34)30(37)33-17-15-32(16-18-33)27-7-5-23(6-8-27)22(2)36/h5-10,20-21,24-25H,3-4,11-19H2,1-2H3/t21-/m1/s1. The predicted octanol–water partition coefficient (Wildman–Crippen LogP) is 3.33. The van der Waals surface area contributed by atoms with Gasteiger partial charge in [0, 0.05) is 74.1 Å². The number of Topliss-reactive ketones (excluding diaryl/α,β-unsaturated/α-hetero) is 1. The maximum absolute atomic E-state index is 13.5. The maximum atomic E-state index is 13.5. The second-order valence-electron chi connectivity index (χ2n) is 11.9. The summed E-state index contributed by atoms with van der Waals surface area (Å²) >= 11 is 0. The molecule has 4 aliphatic rings. The summed E-state index contributed by atoms with van der Waals surface area (Å²) in [5.41, 5.74) is 3.48. The molecule has 0 N–H and O–H groups in total. The SMILES string of the molecule is CC(=O)c1ccc(N2CCN(C(=O)C3CCN(S(=O)(=O)c4ccc5c(c4)C[C@@H](C)N5C(=O)C4CC4)CC3)CC2)cc1. The second kappa shape index (κ2) is 10.9. The van der Waals surface area contributed by atoms with Crippen LogP contribution in [0.5, 0.6) is 0 Å². The van der Waals surface area contributed by atoms with Gasteiger partial charge in [0.05, 0.1) is 4.90 Å². The number of anilines is 2. The topological polar surface area (TPSA) is 98.3 Å². The van der Waals surface area contributed by atoms with Crippen molar-refractivity contribution in [1.29, 1.82) is 0 Å². The zero-order chi connectivity index (χ0) is 28.9. The molecule has 1 atom stereocenters. The first-order valence-corrected chi connectivity index (χ1v) is 16.2. The Labute approximate surface area is 242 Å². The fourth-order valence-electron chi connectivity index (χ4n) is 6.47. The van der Waals surface area contributed by atoms with Crippen LogP contribution in [-0.4, -0.2) is 80.5 Å². The molecule has 2 saturated heterocycles. The number of rotatable bonds is 6. The Balaban J connectivity index is 1.04. The molecule has 1 saturated carbocycles. The lowest BCUT2D eigenvalue weighted by Crippen LogP contribution is -2.52. The van der Waals surface area contributed by atoms with Crippen LogP contribution in [0.25, 0.3) is 0 Å². The fourth-order valence-corrected chi connectivity index (χ4v) is 7.99. The number of amides is 2. The summed E-state index contributed by atoms with van der Waals surface area (Å²) in [6, 6.07) is 12.8. The highest BCUT2D eigenvalue weighted by atomic mass is 32.2. The third kappa shape index (κ3) is 5.39. The lowest BCUT2D eigenvalue weighted by Gasteiger charge is -2.39. The molecule has 2 aromatic carbocycles. The minimum atomic E-state index is -3.69. The van der Waals surface area contributed by atoms with Crippen LogP contribution in [0.3, 0.4) is 0 Å². The summed E-state index contributed by atoms with van der Waals surface area (Å²) in [6.07, 6.45) is 3.56. The van der Waals surface area contributed by atoms with Gasteiger partial charge in [-0.05, 0) is 94.0 Å². The first-order chi connectivity index (χ1) is 19.6. The lowest BCUT2D eigenvalue weighted by atomic mass is 9.96. The van der Waals surface area contributed by atoms with Crippen molar-refractivity contribution in [3.8, 4) is 0 Å². The minimum Gasteiger partial charge on any atom is -0.368 e. The van der Waals surface area contributed by atoms with E-state index >= 15 is 0 Å². The Morgan fingerprint density at radius 3 is 2.02 bits per heavy atom. The summed E-state index contributed by atoms with van der Waals surface area (Å²) < 4.78 is 28.6. The van der Waals surface area contributed by atoms with Crippen LogP contribution in [-0.2, 0) is 26.0 Å². The molecule has 3 fully saturated rings. The van der Waals surface area contributed by atoms with Gasteiger partial charge < -0.3 is 14.7 Å². The van der Waals surface area contributed by atoms with Gasteiger partial charge >= 0.3 is 0 Å². The molecule has 41 heavy (non-hydrogen) atoms. The van der Waals surface area contributed by atoms with E-state index in [9.17, 15) is 22.8 Å². The molecule has 0 aromatic heterocycles. The summed E-state index contributed by atoms with van der Waals surface area (Å²) in [5.74, 6) is 0.251. The molecular formula is C31H38N4O5S. The van der Waals surface area contributed by atoms with Crippen LogP contribution in [0, 0.1) is 11.8 Å². The largest absolute Gasteiger partial charge is 0.368 e. The number of piperidine rings is 1. The van der Waals surface area contributed by atoms with Gasteiger partial charge in [-0.15, -0.1) is 0 Å². The van der Waals surface area contributed by atoms with Crippen LogP contribution in [0.1, 0.15) is 55.5 Å². The first kappa shape index (κ1) is 27.9. The average Bonchev–Trinajstić information content (AvgIpc) is 3.78. The molecule has 6 rings (SSSR count). The molecule has 1 aliphatic carbocycles. The van der Waals surface area contributed by atoms with Crippen molar-refractivity contribution < 1.29 is 22.8 Å². The summed E-state index contributed by atoms with van der Waals surface area (Å²) in [5, 5.41) is 0. The minimum absolute atomic E-state index is 0.0342. The van der Waals surface area contributed by atoms with Crippen molar-refractivity contribution in [3.63, 3.8) is 0 Å². The Hall–Kier alpha value is -3.24. The average molecular weight is 579 g/mol. The van der Waals surface area contributed by atoms with Crippen molar-refractivity contribution in [2.24, 2.45) is 11.8 Å². The Bertz CT molecular complexity index is 1450. The van der Waals surface area contributed by atoms with Crippen LogP contribution in [0.4, 0.5) is 11.4 Å². The quantitative estimate of drug-likeness (QED) is 0.488. The zero-order valence-electron chi connectivity index (χ0n) is 23.8. The van der Waals surface area contributed by atoms with E-state index in [1.807, 2.05) is 41.0 Å². The van der Waals surface area contributed by atoms with E-state index < -0.39 is 10.0 Å². The number of benzene rings is 2. The number of sulfonamides is 1. The molecule has 0 unspecified atom stereocenters. The smallest absolute Gasteiger partial charge is 0.243 e. The molecule has 218 valence electrons. The van der Waals surface area contributed by atoms with E-state index in [0.717, 1.165) is 42.9 Å². The summed E-state index contributed by atoms with van der Waals surface area (Å²) in [7, 11) is -3.69. The highest BCUT2D eigenvalue weighted by Gasteiger charge is 2.40. The molecule has 0 bridgehead atoms. The summed E-state index contributed by atoms with van der Waals surface area (Å²) in [6.45, 7) is 6.90. The Morgan fingerprint density at radius 2 is 1.41 bits per heavy atom. The predicted molar refractivity (Wildman–Crippen MR) is 157 cm³/mol. The first-order valence-electron chi connectivity index (χ1n) is 14.7. The van der Waals surface area contributed by atoms with Crippen molar-refractivity contribution in [3.05, 3.63) is 53.6 Å². The fraction of sp³-hybridized carbons (Fsp3) is 0.516. The molecule has 3 aliphatic heterocycles. The van der Waals surface area contributed by atoms with Gasteiger partial charge in [-0.25, -0.2) is 8.42 Å². The van der Waals surface area contributed by atoms with Crippen LogP contribution >= 0.6 is 0 Å². The van der Waals surface area contributed by atoms with Crippen molar-refractivity contribution >= 4 is 39.0 Å². The monoisotopic (exact) mass is 578 g/mol. The van der Waals surface area contributed by atoms with Gasteiger partial charge in [0.2, 0.25) is 21.8 Å². The molecule has 2 aromatic rings. The third-order valence-electron chi connectivity index (χ3n) is 9.10. The Morgan fingerprint density at radius 1 is 0.780 bits per heavy atom. The van der Waals surface area contributed by atoms with E-state index in [-0.39, 0.29) is 40.4 Å². The highest BCUT2D eigenvalue weighted by molar-refractivity contribution is 7.89. The van der Waals surface area contributed by atoms with Crippen molar-refractivity contribution in [2.45, 2.75) is 56.9 Å². The van der Waals surface area contributed by atoms with Crippen molar-refractivity contribution in [1.82, 2.24) is 9.21 Å². The number of hydrogen-bond acceptors (Lipinski definition) is 6. The Kier molecular flexibility index (Phi) is 7.40. The lowest BCUT2D eigenvalue weighted by molar-refractivity contribution is -0.137. The molecular weight excluding hydrogens is 540 g/mol. The maximum Gasteiger partial charge on any atom is 0.243 e. The molecule has 9 nitrogen and oxygen atoms in total. The molecule has 3 heterocycles. The number of carbonyl (C=O) groups excluding carboxylic acids is 3. The molecule has 0 spiro atoms. The molecule has 2 amide bonds. The van der Waals surface area contributed by atoms with E-state index in [1.54, 1.807) is 25.1 Å². The normalized spacial score (nSPS) is 22.1. The van der Waals surface area contributed by atoms with Gasteiger partial charge in [-0.2, -0.15) is 4.31 Å². The van der Waals surface area contributed by atoms with Gasteiger partial charge in [0.25, 0.3) is 0 Å². The van der Waals surface area contributed by atoms with E-state index in [4.69, 9.17) is 0 Å². The summed E-state index contributed by atoms with van der Waals surface area (Å²) in [4.78, 5) is 43.9. The number of hydrogen-bond donors (Lipinski definition) is 0. The number of carbonyl (C=O) groups is 3. The third-order valence-corrected chi connectivity index (χ3v) is 11.0. The number of nitrogens with zero attached hydrogens (tertiary/aromatic N) is 4. The number of fused-ring (bicyclic) bond motifs is 1. The van der Waals surface area contributed by atoms with Gasteiger partial charge in [-0.1, -0.05) is 0 Å². The highest BCUT2D eigenvalue weighted by Crippen LogP contribution is 2.40. The number of ketones is 1. The number of piperazine rings is 1. The molecule has 0 radical (unpaired) electrons. The van der Waals surface area contributed by atoms with Gasteiger partial charge in [-0.3, -0.25) is 14.4 Å². The second-order valence-corrected chi connectivity index (χ2v) is 13.9. The van der Waals surface area contributed by atoms with E-state index in [2.05, 4.69) is 4.90 Å². The van der Waals surface area contributed by atoms with Crippen LogP contribution in [0.2, 0.25) is 0 Å².